The molecule has 0 aromatic carbocycles. The summed E-state index contributed by atoms with van der Waals surface area (Å²) in [5, 5.41) is 5.88. The van der Waals surface area contributed by atoms with Crippen LogP contribution in [0.2, 0.25) is 0 Å². The average Bonchev–Trinajstić information content (AvgIpc) is 2.66. The van der Waals surface area contributed by atoms with Gasteiger partial charge in [0.15, 0.2) is 5.69 Å². The van der Waals surface area contributed by atoms with E-state index < -0.39 is 29.6 Å². The lowest BCUT2D eigenvalue weighted by molar-refractivity contribution is -0.141. The third-order valence-electron chi connectivity index (χ3n) is 2.65. The normalized spacial score (nSPS) is 13.8. The van der Waals surface area contributed by atoms with Gasteiger partial charge in [-0.15, -0.1) is 0 Å². The summed E-state index contributed by atoms with van der Waals surface area (Å²) in [4.78, 5) is 11.5. The molecule has 1 amide bonds. The van der Waals surface area contributed by atoms with E-state index in [0.29, 0.717) is 5.69 Å². The first kappa shape index (κ1) is 18.3. The Balaban J connectivity index is 2.54. The van der Waals surface area contributed by atoms with E-state index in [0.717, 1.165) is 10.7 Å². The largest absolute Gasteiger partial charge is 0.444 e. The number of halogens is 3. The van der Waals surface area contributed by atoms with Gasteiger partial charge in [0.05, 0.1) is 0 Å². The van der Waals surface area contributed by atoms with Crippen LogP contribution >= 0.6 is 0 Å². The van der Waals surface area contributed by atoms with Crippen molar-refractivity contribution in [1.29, 1.82) is 0 Å². The first-order chi connectivity index (χ1) is 9.88. The molecule has 0 spiro atoms. The van der Waals surface area contributed by atoms with E-state index in [-0.39, 0.29) is 13.0 Å². The fourth-order valence-electron chi connectivity index (χ4n) is 1.70. The second-order valence-electron chi connectivity index (χ2n) is 5.99. The average molecular weight is 322 g/mol. The molecule has 0 radical (unpaired) electrons. The van der Waals surface area contributed by atoms with Crippen LogP contribution in [0.15, 0.2) is 6.07 Å². The molecule has 3 N–H and O–H groups in total. The fourth-order valence-corrected chi connectivity index (χ4v) is 1.70. The van der Waals surface area contributed by atoms with Crippen LogP contribution in [-0.4, -0.2) is 34.1 Å². The molecule has 0 bridgehead atoms. The highest BCUT2D eigenvalue weighted by atomic mass is 19.4. The molecule has 0 aliphatic rings. The van der Waals surface area contributed by atoms with Crippen molar-refractivity contribution in [3.8, 4) is 0 Å². The molecule has 126 valence electrons. The van der Waals surface area contributed by atoms with Crippen LogP contribution in [0.25, 0.3) is 0 Å². The van der Waals surface area contributed by atoms with Gasteiger partial charge in [-0.1, -0.05) is 0 Å². The summed E-state index contributed by atoms with van der Waals surface area (Å²) in [5.74, 6) is 0. The number of alkyl halides is 3. The highest BCUT2D eigenvalue weighted by Crippen LogP contribution is 2.28. The maximum absolute atomic E-state index is 12.5. The molecule has 1 atom stereocenters. The van der Waals surface area contributed by atoms with Gasteiger partial charge in [-0.2, -0.15) is 18.3 Å². The Labute approximate surface area is 126 Å². The first-order valence-electron chi connectivity index (χ1n) is 6.71. The van der Waals surface area contributed by atoms with E-state index in [1.54, 1.807) is 20.8 Å². The topological polar surface area (TPSA) is 82.2 Å². The van der Waals surface area contributed by atoms with Gasteiger partial charge in [0.1, 0.15) is 5.60 Å². The summed E-state index contributed by atoms with van der Waals surface area (Å²) in [5.41, 5.74) is 4.56. The lowest BCUT2D eigenvalue weighted by atomic mass is 10.1. The Bertz CT molecular complexity index is 520. The van der Waals surface area contributed by atoms with Gasteiger partial charge >= 0.3 is 12.3 Å². The van der Waals surface area contributed by atoms with Crippen molar-refractivity contribution in [1.82, 2.24) is 15.1 Å². The lowest BCUT2D eigenvalue weighted by Gasteiger charge is -2.20. The number of carbonyl (C=O) groups is 1. The van der Waals surface area contributed by atoms with E-state index in [1.807, 2.05) is 0 Å². The zero-order chi connectivity index (χ0) is 17.1. The number of aromatic nitrogens is 2. The zero-order valence-electron chi connectivity index (χ0n) is 13.0. The van der Waals surface area contributed by atoms with Crippen molar-refractivity contribution in [3.63, 3.8) is 0 Å². The number of hydrogen-bond donors (Lipinski definition) is 2. The molecule has 22 heavy (non-hydrogen) atoms. The Morgan fingerprint density at radius 1 is 1.45 bits per heavy atom. The third kappa shape index (κ3) is 5.92. The van der Waals surface area contributed by atoms with Crippen LogP contribution in [0.3, 0.4) is 0 Å². The van der Waals surface area contributed by atoms with Gasteiger partial charge in [-0.3, -0.25) is 4.68 Å². The van der Waals surface area contributed by atoms with Crippen LogP contribution < -0.4 is 11.1 Å². The number of nitrogens with zero attached hydrogens (tertiary/aromatic N) is 2. The standard InChI is InChI=1S/C13H21F3N4O2/c1-12(2,3)22-11(21)18-7-8(17)5-9-6-10(13(14,15)16)19-20(9)4/h6,8H,5,7,17H2,1-4H3,(H,18,21). The van der Waals surface area contributed by atoms with Crippen molar-refractivity contribution in [2.75, 3.05) is 6.54 Å². The van der Waals surface area contributed by atoms with Gasteiger partial charge in [0, 0.05) is 31.7 Å². The van der Waals surface area contributed by atoms with Gasteiger partial charge in [-0.25, -0.2) is 4.79 Å². The van der Waals surface area contributed by atoms with E-state index in [9.17, 15) is 18.0 Å². The number of hydrogen-bond acceptors (Lipinski definition) is 4. The van der Waals surface area contributed by atoms with Crippen LogP contribution in [0, 0.1) is 0 Å². The molecule has 1 rings (SSSR count). The second-order valence-corrected chi connectivity index (χ2v) is 5.99. The zero-order valence-corrected chi connectivity index (χ0v) is 13.0. The number of alkyl carbamates (subject to hydrolysis) is 1. The van der Waals surface area contributed by atoms with Crippen LogP contribution in [0.1, 0.15) is 32.2 Å². The highest BCUT2D eigenvalue weighted by Gasteiger charge is 2.34. The maximum Gasteiger partial charge on any atom is 0.435 e. The molecule has 0 aliphatic carbocycles. The Morgan fingerprint density at radius 2 is 2.05 bits per heavy atom. The van der Waals surface area contributed by atoms with Gasteiger partial charge < -0.3 is 15.8 Å². The lowest BCUT2D eigenvalue weighted by Crippen LogP contribution is -2.41. The van der Waals surface area contributed by atoms with Crippen molar-refractivity contribution in [2.24, 2.45) is 12.8 Å². The van der Waals surface area contributed by atoms with E-state index in [2.05, 4.69) is 10.4 Å². The summed E-state index contributed by atoms with van der Waals surface area (Å²) < 4.78 is 43.8. The molecule has 1 aromatic heterocycles. The van der Waals surface area contributed by atoms with Crippen LogP contribution in [-0.2, 0) is 24.4 Å². The summed E-state index contributed by atoms with van der Waals surface area (Å²) >= 11 is 0. The molecule has 0 saturated carbocycles. The molecular formula is C13H21F3N4O2. The Morgan fingerprint density at radius 3 is 2.50 bits per heavy atom. The molecule has 1 aromatic rings. The van der Waals surface area contributed by atoms with Gasteiger partial charge in [0.25, 0.3) is 0 Å². The predicted octanol–water partition coefficient (Wildman–Crippen LogP) is 1.83. The Kier molecular flexibility index (Phi) is 5.44. The predicted molar refractivity (Wildman–Crippen MR) is 74.1 cm³/mol. The van der Waals surface area contributed by atoms with Crippen LogP contribution in [0.4, 0.5) is 18.0 Å². The van der Waals surface area contributed by atoms with E-state index in [4.69, 9.17) is 10.5 Å². The molecular weight excluding hydrogens is 301 g/mol. The number of ether oxygens (including phenoxy) is 1. The quantitative estimate of drug-likeness (QED) is 0.886. The number of carbonyl (C=O) groups excluding carboxylic acids is 1. The van der Waals surface area contributed by atoms with Gasteiger partial charge in [0.2, 0.25) is 0 Å². The number of nitrogens with two attached hydrogens (primary N) is 1. The Hall–Kier alpha value is -1.77. The molecule has 0 aliphatic heterocycles. The molecule has 9 heteroatoms. The minimum absolute atomic E-state index is 0.0848. The van der Waals surface area contributed by atoms with Gasteiger partial charge in [-0.05, 0) is 26.8 Å². The number of amides is 1. The minimum atomic E-state index is -4.49. The monoisotopic (exact) mass is 322 g/mol. The van der Waals surface area contributed by atoms with Crippen molar-refractivity contribution in [2.45, 2.75) is 45.0 Å². The molecule has 1 unspecified atom stereocenters. The van der Waals surface area contributed by atoms with Crippen molar-refractivity contribution < 1.29 is 22.7 Å². The molecule has 6 nitrogen and oxygen atoms in total. The molecule has 1 heterocycles. The fraction of sp³-hybridized carbons (Fsp3) is 0.692. The summed E-state index contributed by atoms with van der Waals surface area (Å²) in [6, 6.07) is 0.400. The minimum Gasteiger partial charge on any atom is -0.444 e. The molecule has 0 saturated heterocycles. The van der Waals surface area contributed by atoms with Crippen molar-refractivity contribution in [3.05, 3.63) is 17.5 Å². The van der Waals surface area contributed by atoms with E-state index in [1.165, 1.54) is 7.05 Å². The maximum atomic E-state index is 12.5. The van der Waals surface area contributed by atoms with Crippen molar-refractivity contribution >= 4 is 6.09 Å². The highest BCUT2D eigenvalue weighted by molar-refractivity contribution is 5.67. The summed E-state index contributed by atoms with van der Waals surface area (Å²) in [7, 11) is 1.42. The number of aryl methyl sites for hydroxylation is 1. The second kappa shape index (κ2) is 6.55. The SMILES string of the molecule is Cn1nc(C(F)(F)F)cc1CC(N)CNC(=O)OC(C)(C)C. The smallest absolute Gasteiger partial charge is 0.435 e. The number of rotatable bonds is 4. The van der Waals surface area contributed by atoms with Crippen LogP contribution in [0.5, 0.6) is 0 Å². The summed E-state index contributed by atoms with van der Waals surface area (Å²) in [6.07, 6.45) is -4.96. The van der Waals surface area contributed by atoms with E-state index >= 15 is 0 Å². The molecule has 0 fully saturated rings. The first-order valence-corrected chi connectivity index (χ1v) is 6.71. The summed E-state index contributed by atoms with van der Waals surface area (Å²) in [6.45, 7) is 5.25. The number of nitrogens with one attached hydrogen (secondary N) is 1. The third-order valence-corrected chi connectivity index (χ3v) is 2.65.